The van der Waals surface area contributed by atoms with Crippen molar-refractivity contribution in [2.24, 2.45) is 5.92 Å². The molecule has 0 radical (unpaired) electrons. The Balaban J connectivity index is 1.86. The number of carbonyl (C=O) groups is 1. The number of nitrogens with one attached hydrogen (secondary N) is 2. The lowest BCUT2D eigenvalue weighted by molar-refractivity contribution is 0.155. The van der Waals surface area contributed by atoms with Crippen LogP contribution < -0.4 is 10.6 Å². The third kappa shape index (κ3) is 3.45. The first kappa shape index (κ1) is 14.3. The molecule has 1 aromatic heterocycles. The van der Waals surface area contributed by atoms with Gasteiger partial charge in [-0.1, -0.05) is 0 Å². The summed E-state index contributed by atoms with van der Waals surface area (Å²) < 4.78 is 0. The van der Waals surface area contributed by atoms with Crippen LogP contribution in [0, 0.1) is 19.8 Å². The fourth-order valence-corrected chi connectivity index (χ4v) is 3.03. The Morgan fingerprint density at radius 2 is 2.21 bits per heavy atom. The van der Waals surface area contributed by atoms with Crippen LogP contribution in [0.25, 0.3) is 0 Å². The van der Waals surface area contributed by atoms with E-state index in [1.165, 1.54) is 0 Å². The minimum absolute atomic E-state index is 0.0279. The van der Waals surface area contributed by atoms with E-state index >= 15 is 0 Å². The van der Waals surface area contributed by atoms with Gasteiger partial charge in [-0.3, -0.25) is 0 Å². The molecule has 0 aliphatic heterocycles. The van der Waals surface area contributed by atoms with Gasteiger partial charge in [0.25, 0.3) is 0 Å². The molecule has 1 aromatic rings. The highest BCUT2D eigenvalue weighted by molar-refractivity contribution is 7.11. The third-order valence-electron chi connectivity index (χ3n) is 3.62. The van der Waals surface area contributed by atoms with Crippen molar-refractivity contribution in [2.75, 3.05) is 6.61 Å². The number of aliphatic hydroxyl groups excluding tert-OH is 1. The van der Waals surface area contributed by atoms with Gasteiger partial charge in [0.2, 0.25) is 0 Å². The highest BCUT2D eigenvalue weighted by Crippen LogP contribution is 2.39. The maximum atomic E-state index is 11.9. The summed E-state index contributed by atoms with van der Waals surface area (Å²) in [5.74, 6) is 0.395. The van der Waals surface area contributed by atoms with E-state index in [2.05, 4.69) is 15.6 Å². The van der Waals surface area contributed by atoms with Crippen molar-refractivity contribution in [2.45, 2.75) is 45.7 Å². The van der Waals surface area contributed by atoms with Gasteiger partial charge in [-0.25, -0.2) is 9.78 Å². The van der Waals surface area contributed by atoms with E-state index in [0.717, 1.165) is 28.4 Å². The summed E-state index contributed by atoms with van der Waals surface area (Å²) in [4.78, 5) is 17.4. The Labute approximate surface area is 117 Å². The molecule has 1 aliphatic carbocycles. The minimum Gasteiger partial charge on any atom is -0.394 e. The van der Waals surface area contributed by atoms with Crippen LogP contribution in [0.15, 0.2) is 0 Å². The number of urea groups is 1. The van der Waals surface area contributed by atoms with Gasteiger partial charge in [-0.2, -0.15) is 0 Å². The standard InChI is InChI=1S/C13H21N3O2S/c1-8-11(15-9(2)19-8)6-14-12(18)16-13(3,7-17)10-4-5-10/h10,17H,4-7H2,1-3H3,(H2,14,16,18). The van der Waals surface area contributed by atoms with Gasteiger partial charge in [-0.05, 0) is 39.5 Å². The lowest BCUT2D eigenvalue weighted by Crippen LogP contribution is -2.54. The second-order valence-electron chi connectivity index (χ2n) is 5.39. The second-order valence-corrected chi connectivity index (χ2v) is 6.80. The van der Waals surface area contributed by atoms with Gasteiger partial charge in [0.1, 0.15) is 0 Å². The number of hydrogen-bond donors (Lipinski definition) is 3. The summed E-state index contributed by atoms with van der Waals surface area (Å²) in [5, 5.41) is 16.1. The number of aromatic nitrogens is 1. The van der Waals surface area contributed by atoms with Gasteiger partial charge in [0, 0.05) is 4.88 Å². The topological polar surface area (TPSA) is 74.2 Å². The third-order valence-corrected chi connectivity index (χ3v) is 4.55. The van der Waals surface area contributed by atoms with Crippen LogP contribution in [0.2, 0.25) is 0 Å². The van der Waals surface area contributed by atoms with Crippen LogP contribution in [0.4, 0.5) is 4.79 Å². The Kier molecular flexibility index (Phi) is 4.10. The van der Waals surface area contributed by atoms with Gasteiger partial charge in [-0.15, -0.1) is 11.3 Å². The monoisotopic (exact) mass is 283 g/mol. The van der Waals surface area contributed by atoms with Crippen LogP contribution in [-0.4, -0.2) is 28.3 Å². The molecule has 106 valence electrons. The number of nitrogens with zero attached hydrogens (tertiary/aromatic N) is 1. The van der Waals surface area contributed by atoms with E-state index in [1.54, 1.807) is 11.3 Å². The molecule has 2 amide bonds. The number of rotatable bonds is 5. The van der Waals surface area contributed by atoms with E-state index in [0.29, 0.717) is 12.5 Å². The van der Waals surface area contributed by atoms with E-state index in [4.69, 9.17) is 0 Å². The van der Waals surface area contributed by atoms with Gasteiger partial charge in [0.05, 0.1) is 29.4 Å². The van der Waals surface area contributed by atoms with Crippen LogP contribution >= 0.6 is 11.3 Å². The summed E-state index contributed by atoms with van der Waals surface area (Å²) in [6.45, 7) is 6.25. The Bertz CT molecular complexity index is 470. The SMILES string of the molecule is Cc1nc(CNC(=O)NC(C)(CO)C2CC2)c(C)s1. The Morgan fingerprint density at radius 3 is 2.68 bits per heavy atom. The molecule has 2 rings (SSSR count). The Hall–Kier alpha value is -1.14. The first-order valence-corrected chi connectivity index (χ1v) is 7.36. The molecule has 1 fully saturated rings. The molecular formula is C13H21N3O2S. The number of hydrogen-bond acceptors (Lipinski definition) is 4. The highest BCUT2D eigenvalue weighted by Gasteiger charge is 2.42. The predicted octanol–water partition coefficient (Wildman–Crippen LogP) is 1.72. The van der Waals surface area contributed by atoms with Crippen LogP contribution in [0.3, 0.4) is 0 Å². The summed E-state index contributed by atoms with van der Waals surface area (Å²) in [6, 6.07) is -0.242. The summed E-state index contributed by atoms with van der Waals surface area (Å²) in [7, 11) is 0. The fourth-order valence-electron chi connectivity index (χ4n) is 2.19. The van der Waals surface area contributed by atoms with Crippen molar-refractivity contribution in [3.05, 3.63) is 15.6 Å². The number of aliphatic hydroxyl groups is 1. The molecule has 1 atom stereocenters. The second kappa shape index (κ2) is 5.46. The number of aryl methyl sites for hydroxylation is 2. The van der Waals surface area contributed by atoms with Gasteiger partial charge in [0.15, 0.2) is 0 Å². The molecule has 3 N–H and O–H groups in total. The number of carbonyl (C=O) groups excluding carboxylic acids is 1. The normalized spacial score (nSPS) is 17.9. The molecule has 0 aromatic carbocycles. The minimum atomic E-state index is -0.503. The zero-order valence-electron chi connectivity index (χ0n) is 11.6. The summed E-state index contributed by atoms with van der Waals surface area (Å²) in [5.41, 5.74) is 0.409. The Morgan fingerprint density at radius 1 is 1.53 bits per heavy atom. The maximum Gasteiger partial charge on any atom is 0.315 e. The van der Waals surface area contributed by atoms with Gasteiger partial charge < -0.3 is 15.7 Å². The van der Waals surface area contributed by atoms with E-state index in [9.17, 15) is 9.90 Å². The first-order valence-electron chi connectivity index (χ1n) is 6.54. The average molecular weight is 283 g/mol. The predicted molar refractivity (Wildman–Crippen MR) is 75.2 cm³/mol. The van der Waals surface area contributed by atoms with Crippen LogP contribution in [-0.2, 0) is 6.54 Å². The van der Waals surface area contributed by atoms with E-state index < -0.39 is 5.54 Å². The zero-order valence-corrected chi connectivity index (χ0v) is 12.4. The number of thiazole rings is 1. The highest BCUT2D eigenvalue weighted by atomic mass is 32.1. The summed E-state index contributed by atoms with van der Waals surface area (Å²) >= 11 is 1.63. The smallest absolute Gasteiger partial charge is 0.315 e. The molecule has 1 saturated carbocycles. The molecule has 1 unspecified atom stereocenters. The zero-order chi connectivity index (χ0) is 14.0. The van der Waals surface area contributed by atoms with Crippen molar-refractivity contribution in [1.29, 1.82) is 0 Å². The summed E-state index contributed by atoms with van der Waals surface area (Å²) in [6.07, 6.45) is 2.14. The molecule has 0 spiro atoms. The van der Waals surface area contributed by atoms with E-state index in [1.807, 2.05) is 20.8 Å². The van der Waals surface area contributed by atoms with Crippen LogP contribution in [0.1, 0.15) is 35.3 Å². The largest absolute Gasteiger partial charge is 0.394 e. The average Bonchev–Trinajstić information content (AvgIpc) is 3.14. The molecule has 0 saturated heterocycles. The molecular weight excluding hydrogens is 262 g/mol. The van der Waals surface area contributed by atoms with Crippen molar-refractivity contribution >= 4 is 17.4 Å². The first-order chi connectivity index (χ1) is 8.94. The molecule has 19 heavy (non-hydrogen) atoms. The molecule has 5 nitrogen and oxygen atoms in total. The van der Waals surface area contributed by atoms with E-state index in [-0.39, 0.29) is 12.6 Å². The van der Waals surface area contributed by atoms with Crippen molar-refractivity contribution in [3.8, 4) is 0 Å². The lowest BCUT2D eigenvalue weighted by Gasteiger charge is -2.28. The molecule has 1 heterocycles. The van der Waals surface area contributed by atoms with Crippen molar-refractivity contribution in [3.63, 3.8) is 0 Å². The number of amides is 2. The van der Waals surface area contributed by atoms with Crippen molar-refractivity contribution in [1.82, 2.24) is 15.6 Å². The van der Waals surface area contributed by atoms with Crippen LogP contribution in [0.5, 0.6) is 0 Å². The molecule has 0 bridgehead atoms. The van der Waals surface area contributed by atoms with Gasteiger partial charge >= 0.3 is 6.03 Å². The maximum absolute atomic E-state index is 11.9. The van der Waals surface area contributed by atoms with Crippen molar-refractivity contribution < 1.29 is 9.90 Å². The molecule has 6 heteroatoms. The molecule has 1 aliphatic rings. The fraction of sp³-hybridized carbons (Fsp3) is 0.692. The quantitative estimate of drug-likeness (QED) is 0.770. The lowest BCUT2D eigenvalue weighted by atomic mass is 9.97.